The fraction of sp³-hybridized carbons (Fsp3) is 0.217. The second kappa shape index (κ2) is 9.54. The Labute approximate surface area is 187 Å². The molecule has 0 fully saturated rings. The van der Waals surface area contributed by atoms with E-state index in [0.717, 1.165) is 18.1 Å². The van der Waals surface area contributed by atoms with Crippen LogP contribution in [0.15, 0.2) is 54.0 Å². The molecule has 0 amide bonds. The molecule has 0 aliphatic rings. The first-order valence-corrected chi connectivity index (χ1v) is 10.7. The maximum Gasteiger partial charge on any atom is 0.418 e. The van der Waals surface area contributed by atoms with E-state index in [2.05, 4.69) is 36.3 Å². The number of hydrogen-bond acceptors (Lipinski definition) is 4. The number of nitrogens with zero attached hydrogens (tertiary/aromatic N) is 2. The van der Waals surface area contributed by atoms with Crippen molar-refractivity contribution in [3.05, 3.63) is 75.2 Å². The largest absolute Gasteiger partial charge is 0.418 e. The molecule has 0 aliphatic carbocycles. The molecule has 1 N–H and O–H groups in total. The molecular weight excluding hydrogens is 443 g/mol. The summed E-state index contributed by atoms with van der Waals surface area (Å²) in [4.78, 5) is 4.48. The first kappa shape index (κ1) is 22.9. The Kier molecular flexibility index (Phi) is 7.04. The lowest BCUT2D eigenvalue weighted by Gasteiger charge is -2.13. The Balaban J connectivity index is 1.83. The fourth-order valence-corrected chi connectivity index (χ4v) is 3.95. The smallest absolute Gasteiger partial charge is 0.360 e. The van der Waals surface area contributed by atoms with Gasteiger partial charge in [-0.2, -0.15) is 18.4 Å². The van der Waals surface area contributed by atoms with E-state index >= 15 is 0 Å². The molecule has 1 aromatic heterocycles. The third-order valence-electron chi connectivity index (χ3n) is 4.41. The predicted molar refractivity (Wildman–Crippen MR) is 120 cm³/mol. The second-order valence-electron chi connectivity index (χ2n) is 7.33. The van der Waals surface area contributed by atoms with Crippen LogP contribution in [-0.4, -0.2) is 4.98 Å². The van der Waals surface area contributed by atoms with Crippen molar-refractivity contribution in [2.24, 2.45) is 5.92 Å². The van der Waals surface area contributed by atoms with Gasteiger partial charge in [-0.1, -0.05) is 49.7 Å². The van der Waals surface area contributed by atoms with Crippen molar-refractivity contribution in [3.63, 3.8) is 0 Å². The molecule has 0 radical (unpaired) electrons. The van der Waals surface area contributed by atoms with Crippen molar-refractivity contribution >= 4 is 34.2 Å². The molecule has 3 rings (SSSR count). The van der Waals surface area contributed by atoms with Gasteiger partial charge >= 0.3 is 6.18 Å². The highest BCUT2D eigenvalue weighted by Crippen LogP contribution is 2.37. The van der Waals surface area contributed by atoms with Gasteiger partial charge in [0.25, 0.3) is 0 Å². The van der Waals surface area contributed by atoms with Crippen LogP contribution in [0.1, 0.15) is 30.0 Å². The lowest BCUT2D eigenvalue weighted by atomic mass is 10.0. The lowest BCUT2D eigenvalue weighted by molar-refractivity contribution is -0.136. The molecule has 3 aromatic rings. The van der Waals surface area contributed by atoms with Crippen LogP contribution < -0.4 is 5.32 Å². The summed E-state index contributed by atoms with van der Waals surface area (Å²) in [6, 6.07) is 13.5. The summed E-state index contributed by atoms with van der Waals surface area (Å²) in [6.07, 6.45) is -2.36. The third-order valence-corrected chi connectivity index (χ3v) is 5.52. The van der Waals surface area contributed by atoms with Gasteiger partial charge in [-0.15, -0.1) is 11.3 Å². The van der Waals surface area contributed by atoms with E-state index in [-0.39, 0.29) is 16.3 Å². The molecule has 0 bridgehead atoms. The molecule has 1 heterocycles. The number of thiazole rings is 1. The number of nitrogens with one attached hydrogen (secondary N) is 1. The molecule has 0 saturated heterocycles. The standard InChI is InChI=1S/C23H19ClF3N3S/c1-14(2)9-15-3-5-16(6-4-15)21-13-31-22(30-21)17(11-28)12-29-20-8-7-18(24)10-19(20)23(25,26)27/h3-8,10,12-14,29H,9H2,1-2H3/b17-12-. The van der Waals surface area contributed by atoms with E-state index in [1.54, 1.807) is 0 Å². The average molecular weight is 462 g/mol. The SMILES string of the molecule is CC(C)Cc1ccc(-c2csc(/C(C#N)=C\Nc3ccc(Cl)cc3C(F)(F)F)n2)cc1. The number of halogens is 4. The zero-order valence-corrected chi connectivity index (χ0v) is 18.4. The number of hydrogen-bond donors (Lipinski definition) is 1. The lowest BCUT2D eigenvalue weighted by Crippen LogP contribution is -2.08. The van der Waals surface area contributed by atoms with E-state index in [9.17, 15) is 18.4 Å². The highest BCUT2D eigenvalue weighted by molar-refractivity contribution is 7.11. The zero-order valence-electron chi connectivity index (χ0n) is 16.8. The van der Waals surface area contributed by atoms with Gasteiger partial charge in [0.15, 0.2) is 0 Å². The normalized spacial score (nSPS) is 12.1. The summed E-state index contributed by atoms with van der Waals surface area (Å²) in [6.45, 7) is 4.32. The Morgan fingerprint density at radius 3 is 2.55 bits per heavy atom. The maximum absolute atomic E-state index is 13.3. The Bertz CT molecular complexity index is 1130. The van der Waals surface area contributed by atoms with E-state index in [0.29, 0.717) is 16.6 Å². The van der Waals surface area contributed by atoms with Crippen molar-refractivity contribution in [2.75, 3.05) is 5.32 Å². The number of rotatable bonds is 6. The minimum atomic E-state index is -4.58. The van der Waals surface area contributed by atoms with Crippen molar-refractivity contribution in [3.8, 4) is 17.3 Å². The summed E-state index contributed by atoms with van der Waals surface area (Å²) in [5.41, 5.74) is 1.89. The Morgan fingerprint density at radius 2 is 1.94 bits per heavy atom. The monoisotopic (exact) mass is 461 g/mol. The van der Waals surface area contributed by atoms with Crippen LogP contribution >= 0.6 is 22.9 Å². The van der Waals surface area contributed by atoms with Gasteiger partial charge in [-0.05, 0) is 36.1 Å². The number of alkyl halides is 3. The van der Waals surface area contributed by atoms with Crippen LogP contribution in [0, 0.1) is 17.2 Å². The van der Waals surface area contributed by atoms with Crippen LogP contribution in [0.5, 0.6) is 0 Å². The van der Waals surface area contributed by atoms with Crippen molar-refractivity contribution in [1.29, 1.82) is 5.26 Å². The minimum absolute atomic E-state index is 0.0219. The van der Waals surface area contributed by atoms with Crippen LogP contribution in [0.25, 0.3) is 16.8 Å². The molecule has 160 valence electrons. The highest BCUT2D eigenvalue weighted by atomic mass is 35.5. The van der Waals surface area contributed by atoms with Gasteiger partial charge in [0.05, 0.1) is 16.9 Å². The molecule has 0 atom stereocenters. The highest BCUT2D eigenvalue weighted by Gasteiger charge is 2.33. The summed E-state index contributed by atoms with van der Waals surface area (Å²) >= 11 is 6.95. The molecule has 31 heavy (non-hydrogen) atoms. The van der Waals surface area contributed by atoms with Crippen LogP contribution in [0.2, 0.25) is 5.02 Å². The quantitative estimate of drug-likeness (QED) is 0.383. The summed E-state index contributed by atoms with van der Waals surface area (Å²) in [5, 5.41) is 14.3. The molecule has 0 saturated carbocycles. The van der Waals surface area contributed by atoms with Crippen LogP contribution in [-0.2, 0) is 12.6 Å². The van der Waals surface area contributed by atoms with Gasteiger partial charge in [0.2, 0.25) is 0 Å². The number of aromatic nitrogens is 1. The number of benzene rings is 2. The Hall–Kier alpha value is -2.82. The molecule has 0 unspecified atom stereocenters. The first-order valence-electron chi connectivity index (χ1n) is 9.46. The van der Waals surface area contributed by atoms with E-state index in [4.69, 9.17) is 11.6 Å². The van der Waals surface area contributed by atoms with Crippen molar-refractivity contribution in [2.45, 2.75) is 26.4 Å². The molecule has 8 heteroatoms. The topological polar surface area (TPSA) is 48.7 Å². The predicted octanol–water partition coefficient (Wildman–Crippen LogP) is 7.66. The molecular formula is C23H19ClF3N3S. The summed E-state index contributed by atoms with van der Waals surface area (Å²) in [5.74, 6) is 0.561. The van der Waals surface area contributed by atoms with Gasteiger partial charge in [0, 0.05) is 22.2 Å². The summed E-state index contributed by atoms with van der Waals surface area (Å²) in [7, 11) is 0. The number of allylic oxidation sites excluding steroid dienone is 1. The number of anilines is 1. The molecule has 0 aliphatic heterocycles. The van der Waals surface area contributed by atoms with Crippen LogP contribution in [0.4, 0.5) is 18.9 Å². The third kappa shape index (κ3) is 5.87. The van der Waals surface area contributed by atoms with Crippen LogP contribution in [0.3, 0.4) is 0 Å². The zero-order chi connectivity index (χ0) is 22.6. The average Bonchev–Trinajstić information content (AvgIpc) is 3.19. The molecule has 3 nitrogen and oxygen atoms in total. The van der Waals surface area contributed by atoms with Crippen molar-refractivity contribution in [1.82, 2.24) is 4.98 Å². The number of nitriles is 1. The van der Waals surface area contributed by atoms with Gasteiger partial charge in [0.1, 0.15) is 16.6 Å². The van der Waals surface area contributed by atoms with E-state index in [1.165, 1.54) is 35.2 Å². The Morgan fingerprint density at radius 1 is 1.23 bits per heavy atom. The second-order valence-corrected chi connectivity index (χ2v) is 8.63. The van der Waals surface area contributed by atoms with Gasteiger partial charge in [-0.25, -0.2) is 4.98 Å². The molecule has 0 spiro atoms. The van der Waals surface area contributed by atoms with Crippen molar-refractivity contribution < 1.29 is 13.2 Å². The fourth-order valence-electron chi connectivity index (χ4n) is 2.98. The maximum atomic E-state index is 13.3. The molecule has 2 aromatic carbocycles. The van der Waals surface area contributed by atoms with E-state index in [1.807, 2.05) is 23.6 Å². The van der Waals surface area contributed by atoms with E-state index < -0.39 is 11.7 Å². The first-order chi connectivity index (χ1) is 14.7. The van der Waals surface area contributed by atoms with Gasteiger partial charge < -0.3 is 5.32 Å². The minimum Gasteiger partial charge on any atom is -0.360 e. The summed E-state index contributed by atoms with van der Waals surface area (Å²) < 4.78 is 39.8. The van der Waals surface area contributed by atoms with Gasteiger partial charge in [-0.3, -0.25) is 0 Å².